The zero-order chi connectivity index (χ0) is 22.8. The lowest BCUT2D eigenvalue weighted by atomic mass is 10.2. The molecular weight excluding hydrogens is 452 g/mol. The van der Waals surface area contributed by atoms with E-state index >= 15 is 0 Å². The molecule has 1 N–H and O–H groups in total. The van der Waals surface area contributed by atoms with Crippen LogP contribution in [-0.2, 0) is 4.79 Å². The van der Waals surface area contributed by atoms with E-state index in [-0.39, 0.29) is 22.8 Å². The normalized spacial score (nSPS) is 13.1. The van der Waals surface area contributed by atoms with Crippen LogP contribution in [0.3, 0.4) is 0 Å². The summed E-state index contributed by atoms with van der Waals surface area (Å²) in [5, 5.41) is 2.49. The minimum Gasteiger partial charge on any atom is -0.459 e. The number of fused-ring (bicyclic) bond motifs is 2. The second kappa shape index (κ2) is 9.21. The van der Waals surface area contributed by atoms with Crippen molar-refractivity contribution in [2.45, 2.75) is 26.9 Å². The first-order chi connectivity index (χ1) is 16.1. The highest BCUT2D eigenvalue weighted by atomic mass is 32.2. The Morgan fingerprint density at radius 3 is 2.27 bits per heavy atom. The number of para-hydroxylation sites is 2. The van der Waals surface area contributed by atoms with Gasteiger partial charge in [-0.2, -0.15) is 0 Å². The van der Waals surface area contributed by atoms with Crippen LogP contribution in [0.5, 0.6) is 0 Å². The molecule has 2 amide bonds. The number of nitrogens with one attached hydrogen (secondary N) is 1. The number of hydrogen-bond donors (Lipinski definition) is 1. The van der Waals surface area contributed by atoms with Crippen molar-refractivity contribution in [3.63, 3.8) is 0 Å². The monoisotopic (exact) mass is 472 g/mol. The second-order valence-corrected chi connectivity index (χ2v) is 9.93. The van der Waals surface area contributed by atoms with E-state index in [2.05, 4.69) is 5.32 Å². The molecule has 0 radical (unpaired) electrons. The molecule has 1 aliphatic heterocycles. The lowest BCUT2D eigenvalue weighted by molar-refractivity contribution is -0.117. The van der Waals surface area contributed by atoms with Crippen molar-refractivity contribution in [2.24, 2.45) is 0 Å². The minimum atomic E-state index is -0.342. The van der Waals surface area contributed by atoms with Gasteiger partial charge in [-0.1, -0.05) is 42.1 Å². The summed E-state index contributed by atoms with van der Waals surface area (Å²) in [7, 11) is 0. The Kier molecular flexibility index (Phi) is 5.98. The number of amides is 2. The Hall–Kier alpha value is -3.42. The van der Waals surface area contributed by atoms with Crippen molar-refractivity contribution >= 4 is 52.4 Å². The number of hydrogen-bond acceptors (Lipinski definition) is 5. The Bertz CT molecular complexity index is 1280. The maximum Gasteiger partial charge on any atom is 0.291 e. The fourth-order valence-electron chi connectivity index (χ4n) is 3.63. The lowest BCUT2D eigenvalue weighted by Gasteiger charge is -2.32. The SMILES string of the molecule is CC(Sc1cccc(NC(=O)c2ccco2)c1)C(=O)N1c2ccccc2Sc2ccccc21. The van der Waals surface area contributed by atoms with Gasteiger partial charge in [-0.3, -0.25) is 14.5 Å². The van der Waals surface area contributed by atoms with Crippen LogP contribution in [-0.4, -0.2) is 17.1 Å². The second-order valence-electron chi connectivity index (χ2n) is 7.43. The molecule has 0 fully saturated rings. The lowest BCUT2D eigenvalue weighted by Crippen LogP contribution is -2.34. The molecule has 0 bridgehead atoms. The molecule has 2 heterocycles. The average molecular weight is 473 g/mol. The summed E-state index contributed by atoms with van der Waals surface area (Å²) in [6, 6.07) is 26.7. The third kappa shape index (κ3) is 4.42. The summed E-state index contributed by atoms with van der Waals surface area (Å²) in [5.74, 6) is -0.0626. The van der Waals surface area contributed by atoms with Gasteiger partial charge in [-0.25, -0.2) is 0 Å². The summed E-state index contributed by atoms with van der Waals surface area (Å²) < 4.78 is 5.15. The van der Waals surface area contributed by atoms with E-state index in [0.29, 0.717) is 5.69 Å². The van der Waals surface area contributed by atoms with Crippen molar-refractivity contribution in [1.29, 1.82) is 0 Å². The summed E-state index contributed by atoms with van der Waals surface area (Å²) in [4.78, 5) is 30.8. The van der Waals surface area contributed by atoms with Crippen LogP contribution in [0, 0.1) is 0 Å². The van der Waals surface area contributed by atoms with E-state index in [9.17, 15) is 9.59 Å². The highest BCUT2D eigenvalue weighted by molar-refractivity contribution is 8.00. The first kappa shape index (κ1) is 21.4. The zero-order valence-electron chi connectivity index (χ0n) is 17.7. The molecule has 0 saturated heterocycles. The number of carbonyl (C=O) groups excluding carboxylic acids is 2. The molecule has 0 spiro atoms. The van der Waals surface area contributed by atoms with E-state index in [4.69, 9.17) is 4.42 Å². The van der Waals surface area contributed by atoms with Gasteiger partial charge >= 0.3 is 0 Å². The molecule has 3 aromatic carbocycles. The molecule has 0 aliphatic carbocycles. The van der Waals surface area contributed by atoms with E-state index in [0.717, 1.165) is 26.1 Å². The van der Waals surface area contributed by atoms with Crippen LogP contribution >= 0.6 is 23.5 Å². The Balaban J connectivity index is 1.37. The van der Waals surface area contributed by atoms with Crippen LogP contribution in [0.4, 0.5) is 17.1 Å². The summed E-state index contributed by atoms with van der Waals surface area (Å²) in [5.41, 5.74) is 2.45. The Morgan fingerprint density at radius 1 is 0.909 bits per heavy atom. The van der Waals surface area contributed by atoms with Crippen molar-refractivity contribution in [1.82, 2.24) is 0 Å². The van der Waals surface area contributed by atoms with Gasteiger partial charge in [0.1, 0.15) is 0 Å². The molecule has 4 aromatic rings. The summed E-state index contributed by atoms with van der Waals surface area (Å²) >= 11 is 3.14. The smallest absolute Gasteiger partial charge is 0.291 e. The fourth-order valence-corrected chi connectivity index (χ4v) is 5.65. The first-order valence-corrected chi connectivity index (χ1v) is 12.1. The van der Waals surface area contributed by atoms with Crippen LogP contribution in [0.25, 0.3) is 0 Å². The van der Waals surface area contributed by atoms with Gasteiger partial charge in [0.25, 0.3) is 5.91 Å². The maximum atomic E-state index is 13.7. The number of anilines is 3. The van der Waals surface area contributed by atoms with E-state index in [1.54, 1.807) is 23.9 Å². The van der Waals surface area contributed by atoms with Gasteiger partial charge in [0.05, 0.1) is 22.9 Å². The summed E-state index contributed by atoms with van der Waals surface area (Å²) in [6.45, 7) is 1.91. The van der Waals surface area contributed by atoms with Crippen LogP contribution in [0.1, 0.15) is 17.5 Å². The van der Waals surface area contributed by atoms with Gasteiger partial charge in [-0.15, -0.1) is 11.8 Å². The number of furan rings is 1. The molecule has 1 unspecified atom stereocenters. The van der Waals surface area contributed by atoms with Crippen LogP contribution in [0.2, 0.25) is 0 Å². The highest BCUT2D eigenvalue weighted by Crippen LogP contribution is 2.48. The van der Waals surface area contributed by atoms with E-state index < -0.39 is 0 Å². The minimum absolute atomic E-state index is 0.00484. The number of nitrogens with zero attached hydrogens (tertiary/aromatic N) is 1. The van der Waals surface area contributed by atoms with Gasteiger partial charge in [0, 0.05) is 20.4 Å². The molecular formula is C26H20N2O3S2. The first-order valence-electron chi connectivity index (χ1n) is 10.4. The van der Waals surface area contributed by atoms with Gasteiger partial charge in [-0.05, 0) is 61.5 Å². The largest absolute Gasteiger partial charge is 0.459 e. The third-order valence-electron chi connectivity index (χ3n) is 5.15. The van der Waals surface area contributed by atoms with Crippen molar-refractivity contribution in [3.8, 4) is 0 Å². The highest BCUT2D eigenvalue weighted by Gasteiger charge is 2.31. The number of thioether (sulfide) groups is 1. The molecule has 33 heavy (non-hydrogen) atoms. The average Bonchev–Trinajstić information content (AvgIpc) is 3.37. The Labute approximate surface area is 200 Å². The number of rotatable bonds is 5. The van der Waals surface area contributed by atoms with Gasteiger partial charge in [0.15, 0.2) is 5.76 Å². The molecule has 5 rings (SSSR count). The predicted molar refractivity (Wildman–Crippen MR) is 133 cm³/mol. The van der Waals surface area contributed by atoms with E-state index in [1.165, 1.54) is 18.0 Å². The molecule has 7 heteroatoms. The number of benzene rings is 3. The standard InChI is InChI=1S/C26H20N2O3S2/c1-17(32-19-9-6-8-18(16-19)27-25(29)22-12-7-15-31-22)26(30)28-20-10-2-4-13-23(20)33-24-14-5-3-11-21(24)28/h2-17H,1H3,(H,27,29). The quantitative estimate of drug-likeness (QED) is 0.322. The van der Waals surface area contributed by atoms with Crippen molar-refractivity contribution in [2.75, 3.05) is 10.2 Å². The van der Waals surface area contributed by atoms with Crippen LogP contribution < -0.4 is 10.2 Å². The molecule has 1 aliphatic rings. The molecule has 1 aromatic heterocycles. The summed E-state index contributed by atoms with van der Waals surface area (Å²) in [6.07, 6.45) is 1.46. The topological polar surface area (TPSA) is 62.6 Å². The van der Waals surface area contributed by atoms with Gasteiger partial charge < -0.3 is 9.73 Å². The van der Waals surface area contributed by atoms with E-state index in [1.807, 2.05) is 84.6 Å². The third-order valence-corrected chi connectivity index (χ3v) is 7.36. The molecule has 0 saturated carbocycles. The molecule has 5 nitrogen and oxygen atoms in total. The Morgan fingerprint density at radius 2 is 1.61 bits per heavy atom. The predicted octanol–water partition coefficient (Wildman–Crippen LogP) is 6.84. The zero-order valence-corrected chi connectivity index (χ0v) is 19.4. The maximum absolute atomic E-state index is 13.7. The van der Waals surface area contributed by atoms with Gasteiger partial charge in [0.2, 0.25) is 5.91 Å². The molecule has 164 valence electrons. The van der Waals surface area contributed by atoms with Crippen molar-refractivity contribution < 1.29 is 14.0 Å². The van der Waals surface area contributed by atoms with Crippen LogP contribution in [0.15, 0.2) is 110 Å². The fraction of sp³-hybridized carbons (Fsp3) is 0.0769. The molecule has 1 atom stereocenters. The van der Waals surface area contributed by atoms with Crippen molar-refractivity contribution in [3.05, 3.63) is 97.0 Å². The number of carbonyl (C=O) groups is 2.